The highest BCUT2D eigenvalue weighted by Crippen LogP contribution is 2.27. The Kier molecular flexibility index (Phi) is 9.52. The van der Waals surface area contributed by atoms with Gasteiger partial charge in [0.15, 0.2) is 0 Å². The van der Waals surface area contributed by atoms with Crippen LogP contribution < -0.4 is 10.6 Å². The number of amides is 3. The summed E-state index contributed by atoms with van der Waals surface area (Å²) in [5, 5.41) is 5.73. The molecule has 0 fully saturated rings. The maximum atomic E-state index is 13.6. The summed E-state index contributed by atoms with van der Waals surface area (Å²) in [6.07, 6.45) is -0.236. The Morgan fingerprint density at radius 1 is 1.03 bits per heavy atom. The van der Waals surface area contributed by atoms with E-state index < -0.39 is 29.3 Å². The van der Waals surface area contributed by atoms with Crippen LogP contribution in [0.1, 0.15) is 84.5 Å². The second-order valence-electron chi connectivity index (χ2n) is 11.3. The van der Waals surface area contributed by atoms with Crippen molar-refractivity contribution in [3.63, 3.8) is 0 Å². The van der Waals surface area contributed by atoms with Gasteiger partial charge in [0.2, 0.25) is 11.8 Å². The van der Waals surface area contributed by atoms with Crippen LogP contribution in [0.15, 0.2) is 18.2 Å². The molecule has 186 valence electrons. The van der Waals surface area contributed by atoms with Gasteiger partial charge < -0.3 is 20.3 Å². The van der Waals surface area contributed by atoms with Crippen LogP contribution in [0, 0.1) is 19.8 Å². The van der Waals surface area contributed by atoms with E-state index in [4.69, 9.17) is 4.74 Å². The van der Waals surface area contributed by atoms with Gasteiger partial charge in [-0.2, -0.15) is 0 Å². The van der Waals surface area contributed by atoms with Crippen LogP contribution in [-0.2, 0) is 14.3 Å². The molecule has 0 aliphatic heterocycles. The molecule has 0 aliphatic rings. The van der Waals surface area contributed by atoms with E-state index in [2.05, 4.69) is 10.6 Å². The van der Waals surface area contributed by atoms with E-state index in [9.17, 15) is 14.4 Å². The molecule has 2 atom stereocenters. The zero-order valence-corrected chi connectivity index (χ0v) is 22.3. The maximum Gasteiger partial charge on any atom is 0.408 e. The molecule has 1 aromatic rings. The summed E-state index contributed by atoms with van der Waals surface area (Å²) in [7, 11) is 1.61. The number of benzene rings is 1. The molecule has 1 rings (SSSR count). The predicted octanol–water partition coefficient (Wildman–Crippen LogP) is 4.66. The number of rotatable bonds is 7. The molecule has 7 heteroatoms. The number of hydrogen-bond acceptors (Lipinski definition) is 4. The van der Waals surface area contributed by atoms with Gasteiger partial charge in [-0.25, -0.2) is 4.79 Å². The number of nitrogens with zero attached hydrogens (tertiary/aromatic N) is 1. The van der Waals surface area contributed by atoms with Gasteiger partial charge in [-0.1, -0.05) is 37.6 Å². The van der Waals surface area contributed by atoms with Gasteiger partial charge >= 0.3 is 6.09 Å². The van der Waals surface area contributed by atoms with Crippen molar-refractivity contribution in [1.29, 1.82) is 0 Å². The van der Waals surface area contributed by atoms with Gasteiger partial charge in [0.1, 0.15) is 17.7 Å². The summed E-state index contributed by atoms with van der Waals surface area (Å²) in [6, 6.07) is 4.20. The molecule has 0 heterocycles. The molecule has 0 aliphatic carbocycles. The minimum absolute atomic E-state index is 0.143. The lowest BCUT2D eigenvalue weighted by atomic mass is 9.95. The summed E-state index contributed by atoms with van der Waals surface area (Å²) in [6.45, 7) is 18.8. The van der Waals surface area contributed by atoms with E-state index >= 15 is 0 Å². The summed E-state index contributed by atoms with van der Waals surface area (Å²) < 4.78 is 5.37. The molecule has 0 saturated carbocycles. The van der Waals surface area contributed by atoms with E-state index in [-0.39, 0.29) is 17.7 Å². The van der Waals surface area contributed by atoms with Gasteiger partial charge in [0, 0.05) is 12.6 Å². The fraction of sp³-hybridized carbons (Fsp3) is 0.654. The van der Waals surface area contributed by atoms with Crippen molar-refractivity contribution in [2.24, 2.45) is 5.92 Å². The average molecular weight is 462 g/mol. The fourth-order valence-electron chi connectivity index (χ4n) is 3.53. The molecule has 3 amide bonds. The lowest BCUT2D eigenvalue weighted by Crippen LogP contribution is -2.53. The zero-order valence-electron chi connectivity index (χ0n) is 22.3. The smallest absolute Gasteiger partial charge is 0.408 e. The molecule has 0 bridgehead atoms. The second-order valence-corrected chi connectivity index (χ2v) is 11.3. The Morgan fingerprint density at radius 2 is 1.61 bits per heavy atom. The molecular formula is C26H43N3O4. The molecule has 2 N–H and O–H groups in total. The summed E-state index contributed by atoms with van der Waals surface area (Å²) in [4.78, 5) is 40.9. The third-order valence-electron chi connectivity index (χ3n) is 4.91. The zero-order chi connectivity index (χ0) is 25.7. The van der Waals surface area contributed by atoms with E-state index in [1.54, 1.807) is 27.8 Å². The first-order valence-corrected chi connectivity index (χ1v) is 11.6. The summed E-state index contributed by atoms with van der Waals surface area (Å²) in [5.74, 6) is -0.470. The van der Waals surface area contributed by atoms with Crippen molar-refractivity contribution in [2.45, 2.75) is 98.9 Å². The number of likely N-dealkylation sites (N-methyl/N-ethyl adjacent to an activating group) is 1. The van der Waals surface area contributed by atoms with Crippen LogP contribution in [0.3, 0.4) is 0 Å². The number of alkyl carbamates (subject to hydrolysis) is 1. The summed E-state index contributed by atoms with van der Waals surface area (Å²) in [5.41, 5.74) is 1.51. The minimum atomic E-state index is -0.841. The molecule has 0 spiro atoms. The van der Waals surface area contributed by atoms with Crippen molar-refractivity contribution in [2.75, 3.05) is 7.05 Å². The molecule has 0 saturated heterocycles. The monoisotopic (exact) mass is 461 g/mol. The standard InChI is InChI=1S/C26H43N3O4/c1-16(2)14-20(27-24(32)33-26(8,9)10)23(31)29(11)21(22(30)28-25(5,6)7)19-15-17(3)12-13-18(19)4/h12-13,15-16,20-21H,14H2,1-11H3,(H,27,32)(H,28,30). The quantitative estimate of drug-likeness (QED) is 0.618. The van der Waals surface area contributed by atoms with Crippen molar-refractivity contribution in [3.05, 3.63) is 34.9 Å². The van der Waals surface area contributed by atoms with Crippen molar-refractivity contribution < 1.29 is 19.1 Å². The first kappa shape index (κ1) is 28.5. The predicted molar refractivity (Wildman–Crippen MR) is 132 cm³/mol. The SMILES string of the molecule is Cc1ccc(C)c(C(C(=O)NC(C)(C)C)N(C)C(=O)C(CC(C)C)NC(=O)OC(C)(C)C)c1. The Labute approximate surface area is 199 Å². The van der Waals surface area contributed by atoms with Crippen LogP contribution in [-0.4, -0.2) is 47.0 Å². The van der Waals surface area contributed by atoms with E-state index in [0.717, 1.165) is 16.7 Å². The first-order chi connectivity index (χ1) is 14.9. The number of hydrogen-bond donors (Lipinski definition) is 2. The van der Waals surface area contributed by atoms with Crippen LogP contribution in [0.4, 0.5) is 4.79 Å². The third kappa shape index (κ3) is 9.44. The number of ether oxygens (including phenoxy) is 1. The molecule has 0 radical (unpaired) electrons. The molecule has 2 unspecified atom stereocenters. The maximum absolute atomic E-state index is 13.6. The molecule has 33 heavy (non-hydrogen) atoms. The number of aryl methyl sites for hydroxylation is 2. The largest absolute Gasteiger partial charge is 0.444 e. The van der Waals surface area contributed by atoms with E-state index in [1.165, 1.54) is 4.90 Å². The van der Waals surface area contributed by atoms with E-state index in [1.807, 2.05) is 66.7 Å². The average Bonchev–Trinajstić information content (AvgIpc) is 2.60. The van der Waals surface area contributed by atoms with Gasteiger partial charge in [-0.15, -0.1) is 0 Å². The van der Waals surface area contributed by atoms with Gasteiger partial charge in [-0.05, 0) is 78.9 Å². The number of carbonyl (C=O) groups is 3. The Hall–Kier alpha value is -2.57. The summed E-state index contributed by atoms with van der Waals surface area (Å²) >= 11 is 0. The van der Waals surface area contributed by atoms with E-state index in [0.29, 0.717) is 6.42 Å². The fourth-order valence-corrected chi connectivity index (χ4v) is 3.53. The van der Waals surface area contributed by atoms with Crippen LogP contribution in [0.5, 0.6) is 0 Å². The highest BCUT2D eigenvalue weighted by atomic mass is 16.6. The topological polar surface area (TPSA) is 87.7 Å². The van der Waals surface area contributed by atoms with Crippen LogP contribution >= 0.6 is 0 Å². The van der Waals surface area contributed by atoms with Crippen LogP contribution in [0.2, 0.25) is 0 Å². The van der Waals surface area contributed by atoms with Crippen molar-refractivity contribution in [3.8, 4) is 0 Å². The lowest BCUT2D eigenvalue weighted by Gasteiger charge is -2.34. The van der Waals surface area contributed by atoms with Gasteiger partial charge in [0.25, 0.3) is 0 Å². The number of carbonyl (C=O) groups excluding carboxylic acids is 3. The Morgan fingerprint density at radius 3 is 2.09 bits per heavy atom. The molecular weight excluding hydrogens is 418 g/mol. The Bertz CT molecular complexity index is 850. The normalized spacial score (nSPS) is 13.8. The molecule has 1 aromatic carbocycles. The molecule has 0 aromatic heterocycles. The lowest BCUT2D eigenvalue weighted by molar-refractivity contribution is -0.141. The van der Waals surface area contributed by atoms with Gasteiger partial charge in [0.05, 0.1) is 0 Å². The highest BCUT2D eigenvalue weighted by Gasteiger charge is 2.36. The van der Waals surface area contributed by atoms with Crippen LogP contribution in [0.25, 0.3) is 0 Å². The third-order valence-corrected chi connectivity index (χ3v) is 4.91. The Balaban J connectivity index is 3.37. The van der Waals surface area contributed by atoms with Gasteiger partial charge in [-0.3, -0.25) is 9.59 Å². The first-order valence-electron chi connectivity index (χ1n) is 11.6. The number of nitrogens with one attached hydrogen (secondary N) is 2. The minimum Gasteiger partial charge on any atom is -0.444 e. The molecule has 7 nitrogen and oxygen atoms in total. The second kappa shape index (κ2) is 11.0. The van der Waals surface area contributed by atoms with Crippen molar-refractivity contribution >= 4 is 17.9 Å². The highest BCUT2D eigenvalue weighted by molar-refractivity contribution is 5.92. The van der Waals surface area contributed by atoms with Crippen molar-refractivity contribution in [1.82, 2.24) is 15.5 Å².